The summed E-state index contributed by atoms with van der Waals surface area (Å²) < 4.78 is 26.2. The highest BCUT2D eigenvalue weighted by molar-refractivity contribution is 7.92. The van der Waals surface area contributed by atoms with E-state index in [9.17, 15) is 18.5 Å². The molecule has 23 heavy (non-hydrogen) atoms. The van der Waals surface area contributed by atoms with Crippen LogP contribution in [0.4, 0.5) is 11.4 Å². The molecule has 9 heteroatoms. The molecule has 0 amide bonds. The van der Waals surface area contributed by atoms with Gasteiger partial charge in [-0.05, 0) is 25.1 Å². The second kappa shape index (κ2) is 6.35. The molecule has 2 aromatic carbocycles. The predicted molar refractivity (Wildman–Crippen MR) is 89.9 cm³/mol. The van der Waals surface area contributed by atoms with Crippen LogP contribution in [0.1, 0.15) is 5.56 Å². The van der Waals surface area contributed by atoms with Crippen LogP contribution in [0.25, 0.3) is 0 Å². The molecular formula is C14H12Cl2N2O4S. The quantitative estimate of drug-likeness (QED) is 0.597. The fourth-order valence-electron chi connectivity index (χ4n) is 1.91. The predicted octanol–water partition coefficient (Wildman–Crippen LogP) is 4.04. The van der Waals surface area contributed by atoms with Crippen molar-refractivity contribution in [1.82, 2.24) is 0 Å². The van der Waals surface area contributed by atoms with Crippen molar-refractivity contribution in [2.45, 2.75) is 11.8 Å². The molecule has 0 heterocycles. The SMILES string of the molecule is Cc1ccc(S(=O)(=O)N(C)c2ccc([N+](=O)[O-])c(Cl)c2Cl)cc1. The smallest absolute Gasteiger partial charge is 0.268 e. The maximum atomic E-state index is 12.6. The number of anilines is 1. The van der Waals surface area contributed by atoms with E-state index < -0.39 is 14.9 Å². The maximum Gasteiger partial charge on any atom is 0.289 e. The van der Waals surface area contributed by atoms with Crippen LogP contribution in [-0.4, -0.2) is 20.4 Å². The Morgan fingerprint density at radius 1 is 1.04 bits per heavy atom. The molecule has 0 bridgehead atoms. The zero-order valence-electron chi connectivity index (χ0n) is 12.2. The molecule has 6 nitrogen and oxygen atoms in total. The summed E-state index contributed by atoms with van der Waals surface area (Å²) in [7, 11) is -2.56. The Bertz CT molecular complexity index is 867. The average Bonchev–Trinajstić information content (AvgIpc) is 2.49. The third kappa shape index (κ3) is 3.26. The highest BCUT2D eigenvalue weighted by Gasteiger charge is 2.26. The van der Waals surface area contributed by atoms with Crippen LogP contribution < -0.4 is 4.31 Å². The molecule has 0 fully saturated rings. The van der Waals surface area contributed by atoms with Gasteiger partial charge >= 0.3 is 0 Å². The molecule has 0 saturated carbocycles. The van der Waals surface area contributed by atoms with E-state index in [0.29, 0.717) is 0 Å². The van der Waals surface area contributed by atoms with Crippen molar-refractivity contribution in [3.8, 4) is 0 Å². The molecule has 0 aliphatic rings. The number of aryl methyl sites for hydroxylation is 1. The molecule has 2 rings (SSSR count). The highest BCUT2D eigenvalue weighted by atomic mass is 35.5. The molecular weight excluding hydrogens is 363 g/mol. The lowest BCUT2D eigenvalue weighted by atomic mass is 10.2. The number of nitro benzene ring substituents is 1. The number of hydrogen-bond acceptors (Lipinski definition) is 4. The second-order valence-corrected chi connectivity index (χ2v) is 7.50. The van der Waals surface area contributed by atoms with Crippen molar-refractivity contribution >= 4 is 44.6 Å². The van der Waals surface area contributed by atoms with Gasteiger partial charge in [0.05, 0.1) is 20.5 Å². The van der Waals surface area contributed by atoms with Crippen LogP contribution in [0.2, 0.25) is 10.0 Å². The van der Waals surface area contributed by atoms with Gasteiger partial charge in [-0.1, -0.05) is 40.9 Å². The maximum absolute atomic E-state index is 12.6. The molecule has 0 aliphatic carbocycles. The Hall–Kier alpha value is -1.83. The minimum Gasteiger partial charge on any atom is -0.268 e. The first-order valence-corrected chi connectivity index (χ1v) is 8.54. The summed E-state index contributed by atoms with van der Waals surface area (Å²) in [5.74, 6) is 0. The summed E-state index contributed by atoms with van der Waals surface area (Å²) in [6.45, 7) is 1.84. The summed E-state index contributed by atoms with van der Waals surface area (Å²) in [5.41, 5.74) is 0.590. The van der Waals surface area contributed by atoms with Crippen molar-refractivity contribution in [2.24, 2.45) is 0 Å². The Morgan fingerprint density at radius 3 is 2.13 bits per heavy atom. The largest absolute Gasteiger partial charge is 0.289 e. The zero-order valence-corrected chi connectivity index (χ0v) is 14.5. The monoisotopic (exact) mass is 374 g/mol. The van der Waals surface area contributed by atoms with E-state index in [0.717, 1.165) is 15.9 Å². The van der Waals surface area contributed by atoms with Crippen molar-refractivity contribution in [3.63, 3.8) is 0 Å². The third-order valence-corrected chi connectivity index (χ3v) is 5.90. The average molecular weight is 375 g/mol. The standard InChI is InChI=1S/C14H12Cl2N2O4S/c1-9-3-5-10(6-4-9)23(21,22)17(2)11-7-8-12(18(19)20)14(16)13(11)15/h3-8H,1-2H3. The number of hydrogen-bond donors (Lipinski definition) is 0. The van der Waals surface area contributed by atoms with Crippen molar-refractivity contribution < 1.29 is 13.3 Å². The fraction of sp³-hybridized carbons (Fsp3) is 0.143. The number of sulfonamides is 1. The van der Waals surface area contributed by atoms with Crippen molar-refractivity contribution in [3.05, 3.63) is 62.1 Å². The first-order chi connectivity index (χ1) is 10.7. The second-order valence-electron chi connectivity index (χ2n) is 4.77. The number of nitro groups is 1. The van der Waals surface area contributed by atoms with Crippen LogP contribution in [-0.2, 0) is 10.0 Å². The van der Waals surface area contributed by atoms with Gasteiger partial charge in [0.15, 0.2) is 0 Å². The van der Waals surface area contributed by atoms with E-state index in [-0.39, 0.29) is 26.3 Å². The number of nitrogens with zero attached hydrogens (tertiary/aromatic N) is 2. The van der Waals surface area contributed by atoms with Crippen LogP contribution in [0.15, 0.2) is 41.3 Å². The normalized spacial score (nSPS) is 11.3. The Morgan fingerprint density at radius 2 is 1.61 bits per heavy atom. The van der Waals surface area contributed by atoms with E-state index in [1.807, 2.05) is 6.92 Å². The molecule has 0 spiro atoms. The van der Waals surface area contributed by atoms with Gasteiger partial charge in [-0.3, -0.25) is 14.4 Å². The molecule has 2 aromatic rings. The van der Waals surface area contributed by atoms with E-state index >= 15 is 0 Å². The molecule has 0 aromatic heterocycles. The topological polar surface area (TPSA) is 80.5 Å². The summed E-state index contributed by atoms with van der Waals surface area (Å²) in [4.78, 5) is 10.2. The first-order valence-electron chi connectivity index (χ1n) is 6.34. The van der Waals surface area contributed by atoms with Gasteiger partial charge in [-0.15, -0.1) is 0 Å². The molecule has 0 aliphatic heterocycles. The lowest BCUT2D eigenvalue weighted by molar-refractivity contribution is -0.384. The molecule has 0 saturated heterocycles. The van der Waals surface area contributed by atoms with Gasteiger partial charge in [-0.2, -0.15) is 0 Å². The van der Waals surface area contributed by atoms with E-state index in [4.69, 9.17) is 23.2 Å². The fourth-order valence-corrected chi connectivity index (χ4v) is 3.68. The molecule has 0 radical (unpaired) electrons. The van der Waals surface area contributed by atoms with Gasteiger partial charge in [0.2, 0.25) is 0 Å². The molecule has 122 valence electrons. The minimum absolute atomic E-state index is 0.0582. The van der Waals surface area contributed by atoms with Crippen molar-refractivity contribution in [2.75, 3.05) is 11.4 Å². The lowest BCUT2D eigenvalue weighted by Crippen LogP contribution is -2.26. The van der Waals surface area contributed by atoms with Gasteiger partial charge in [0.1, 0.15) is 5.02 Å². The molecule has 0 N–H and O–H groups in total. The summed E-state index contributed by atoms with van der Waals surface area (Å²) in [6, 6.07) is 8.66. The van der Waals surface area contributed by atoms with Gasteiger partial charge in [0, 0.05) is 13.1 Å². The minimum atomic E-state index is -3.86. The van der Waals surface area contributed by atoms with Crippen LogP contribution in [0, 0.1) is 17.0 Å². The Kier molecular flexibility index (Phi) is 4.84. The van der Waals surface area contributed by atoms with Crippen LogP contribution in [0.5, 0.6) is 0 Å². The van der Waals surface area contributed by atoms with E-state index in [2.05, 4.69) is 0 Å². The third-order valence-electron chi connectivity index (χ3n) is 3.26. The molecule has 0 unspecified atom stereocenters. The number of halogens is 2. The lowest BCUT2D eigenvalue weighted by Gasteiger charge is -2.21. The number of benzene rings is 2. The van der Waals surface area contributed by atoms with E-state index in [1.54, 1.807) is 12.1 Å². The van der Waals surface area contributed by atoms with Gasteiger partial charge in [-0.25, -0.2) is 8.42 Å². The zero-order chi connectivity index (χ0) is 17.4. The number of rotatable bonds is 4. The van der Waals surface area contributed by atoms with Gasteiger partial charge < -0.3 is 0 Å². The van der Waals surface area contributed by atoms with E-state index in [1.165, 1.54) is 25.2 Å². The Labute approximate surface area is 143 Å². The summed E-state index contributed by atoms with van der Waals surface area (Å²) in [5, 5.41) is 10.3. The van der Waals surface area contributed by atoms with Crippen molar-refractivity contribution in [1.29, 1.82) is 0 Å². The molecule has 0 atom stereocenters. The first kappa shape index (κ1) is 17.5. The summed E-state index contributed by atoms with van der Waals surface area (Å²) >= 11 is 11.9. The highest BCUT2D eigenvalue weighted by Crippen LogP contribution is 2.39. The Balaban J connectivity index is 2.52. The summed E-state index contributed by atoms with van der Waals surface area (Å²) in [6.07, 6.45) is 0. The van der Waals surface area contributed by atoms with Gasteiger partial charge in [0.25, 0.3) is 15.7 Å². The van der Waals surface area contributed by atoms with Crippen LogP contribution >= 0.6 is 23.2 Å². The van der Waals surface area contributed by atoms with Crippen LogP contribution in [0.3, 0.4) is 0 Å².